The van der Waals surface area contributed by atoms with E-state index < -0.39 is 0 Å². The van der Waals surface area contributed by atoms with Crippen LogP contribution in [0.5, 0.6) is 0 Å². The van der Waals surface area contributed by atoms with Crippen LogP contribution in [-0.2, 0) is 4.74 Å². The molecule has 1 aliphatic rings. The number of methoxy groups -OCH3 is 1. The molecule has 17 heavy (non-hydrogen) atoms. The number of para-hydroxylation sites is 1. The van der Waals surface area contributed by atoms with Crippen molar-refractivity contribution in [1.29, 1.82) is 0 Å². The summed E-state index contributed by atoms with van der Waals surface area (Å²) in [6.07, 6.45) is -0.321. The molecule has 92 valence electrons. The summed E-state index contributed by atoms with van der Waals surface area (Å²) in [6.45, 7) is 2.36. The average Bonchev–Trinajstić information content (AvgIpc) is 2.39. The molecule has 2 rings (SSSR count). The molecule has 1 aromatic rings. The molecule has 0 unspecified atom stereocenters. The van der Waals surface area contributed by atoms with E-state index in [4.69, 9.17) is 0 Å². The molecule has 0 atom stereocenters. The number of nitrogens with zero attached hydrogens (tertiary/aromatic N) is 2. The summed E-state index contributed by atoms with van der Waals surface area (Å²) in [5.74, 6) is -0.223. The summed E-state index contributed by atoms with van der Waals surface area (Å²) in [5, 5.41) is 0. The van der Waals surface area contributed by atoms with E-state index in [-0.39, 0.29) is 11.9 Å². The predicted octanol–water partition coefficient (Wildman–Crippen LogP) is 1.71. The number of benzene rings is 1. The molecule has 4 nitrogen and oxygen atoms in total. The first-order chi connectivity index (χ1) is 8.22. The zero-order chi connectivity index (χ0) is 12.3. The number of hydrogen-bond donors (Lipinski definition) is 0. The second kappa shape index (κ2) is 5.03. The van der Waals surface area contributed by atoms with E-state index in [2.05, 4.69) is 4.74 Å². The molecule has 0 N–H and O–H groups in total. The third-order valence-corrected chi connectivity index (χ3v) is 2.91. The molecule has 1 saturated heterocycles. The zero-order valence-electron chi connectivity index (χ0n) is 9.73. The van der Waals surface area contributed by atoms with Crippen molar-refractivity contribution in [3.63, 3.8) is 0 Å². The molecule has 1 amide bonds. The zero-order valence-corrected chi connectivity index (χ0v) is 9.73. The van der Waals surface area contributed by atoms with Gasteiger partial charge in [0.05, 0.1) is 12.8 Å². The van der Waals surface area contributed by atoms with Crippen LogP contribution < -0.4 is 4.90 Å². The second-order valence-corrected chi connectivity index (χ2v) is 3.90. The van der Waals surface area contributed by atoms with Crippen molar-refractivity contribution in [2.24, 2.45) is 0 Å². The van der Waals surface area contributed by atoms with Gasteiger partial charge in [-0.3, -0.25) is 0 Å². The Balaban J connectivity index is 2.00. The number of anilines is 1. The fraction of sp³-hybridized carbons (Fsp3) is 0.417. The fourth-order valence-electron chi connectivity index (χ4n) is 1.97. The van der Waals surface area contributed by atoms with E-state index in [1.165, 1.54) is 13.2 Å². The lowest BCUT2D eigenvalue weighted by molar-refractivity contribution is 0.121. The molecule has 0 aliphatic carbocycles. The normalized spacial score (nSPS) is 15.9. The number of carbonyl (C=O) groups excluding carboxylic acids is 1. The second-order valence-electron chi connectivity index (χ2n) is 3.90. The van der Waals surface area contributed by atoms with E-state index in [0.717, 1.165) is 0 Å². The minimum Gasteiger partial charge on any atom is -0.453 e. The number of rotatable bonds is 1. The first-order valence-corrected chi connectivity index (χ1v) is 5.54. The maximum Gasteiger partial charge on any atom is 0.409 e. The quantitative estimate of drug-likeness (QED) is 0.746. The predicted molar refractivity (Wildman–Crippen MR) is 62.6 cm³/mol. The lowest BCUT2D eigenvalue weighted by Crippen LogP contribution is -2.49. The van der Waals surface area contributed by atoms with Crippen molar-refractivity contribution in [1.82, 2.24) is 4.90 Å². The lowest BCUT2D eigenvalue weighted by Gasteiger charge is -2.35. The lowest BCUT2D eigenvalue weighted by atomic mass is 10.2. The Kier molecular flexibility index (Phi) is 3.46. The average molecular weight is 238 g/mol. The molecule has 0 aromatic heterocycles. The highest BCUT2D eigenvalue weighted by molar-refractivity contribution is 5.68. The smallest absolute Gasteiger partial charge is 0.409 e. The van der Waals surface area contributed by atoms with Crippen LogP contribution in [0.3, 0.4) is 0 Å². The topological polar surface area (TPSA) is 32.8 Å². The monoisotopic (exact) mass is 238 g/mol. The van der Waals surface area contributed by atoms with Crippen LogP contribution in [0, 0.1) is 5.82 Å². The molecule has 5 heteroatoms. The van der Waals surface area contributed by atoms with Crippen LogP contribution >= 0.6 is 0 Å². The van der Waals surface area contributed by atoms with Gasteiger partial charge in [0, 0.05) is 26.2 Å². The van der Waals surface area contributed by atoms with E-state index in [1.807, 2.05) is 11.0 Å². The van der Waals surface area contributed by atoms with Gasteiger partial charge >= 0.3 is 6.09 Å². The summed E-state index contributed by atoms with van der Waals surface area (Å²) in [5.41, 5.74) is 0.594. The summed E-state index contributed by atoms with van der Waals surface area (Å²) < 4.78 is 18.2. The van der Waals surface area contributed by atoms with Gasteiger partial charge in [-0.1, -0.05) is 12.1 Å². The van der Waals surface area contributed by atoms with Gasteiger partial charge in [-0.05, 0) is 12.1 Å². The Hall–Kier alpha value is -1.78. The highest BCUT2D eigenvalue weighted by atomic mass is 19.1. The standard InChI is InChI=1S/C12H15FN2O2/c1-17-12(16)15-8-6-14(7-9-15)11-5-3-2-4-10(11)13/h2-5H,6-9H2,1H3. The van der Waals surface area contributed by atoms with Gasteiger partial charge in [0.2, 0.25) is 0 Å². The van der Waals surface area contributed by atoms with Crippen molar-refractivity contribution in [2.45, 2.75) is 0 Å². The Bertz CT molecular complexity index is 403. The van der Waals surface area contributed by atoms with Crippen molar-refractivity contribution in [3.8, 4) is 0 Å². The maximum atomic E-state index is 13.5. The third kappa shape index (κ3) is 2.49. The molecular weight excluding hydrogens is 223 g/mol. The summed E-state index contributed by atoms with van der Waals surface area (Å²) in [7, 11) is 1.37. The molecule has 1 aliphatic heterocycles. The van der Waals surface area contributed by atoms with Crippen molar-refractivity contribution < 1.29 is 13.9 Å². The molecule has 0 bridgehead atoms. The van der Waals surface area contributed by atoms with Crippen LogP contribution in [0.1, 0.15) is 0 Å². The van der Waals surface area contributed by atoms with E-state index in [1.54, 1.807) is 17.0 Å². The van der Waals surface area contributed by atoms with Crippen LogP contribution in [0.4, 0.5) is 14.9 Å². The number of piperazine rings is 1. The third-order valence-electron chi connectivity index (χ3n) is 2.91. The van der Waals surface area contributed by atoms with Crippen molar-refractivity contribution in [3.05, 3.63) is 30.1 Å². The largest absolute Gasteiger partial charge is 0.453 e. The summed E-state index contributed by atoms with van der Waals surface area (Å²) >= 11 is 0. The molecule has 0 saturated carbocycles. The Morgan fingerprint density at radius 1 is 1.24 bits per heavy atom. The summed E-state index contributed by atoms with van der Waals surface area (Å²) in [6, 6.07) is 6.68. The van der Waals surface area contributed by atoms with Crippen LogP contribution in [-0.4, -0.2) is 44.3 Å². The van der Waals surface area contributed by atoms with Gasteiger partial charge in [0.15, 0.2) is 0 Å². The minimum absolute atomic E-state index is 0.223. The molecule has 1 heterocycles. The number of halogens is 1. The highest BCUT2D eigenvalue weighted by Gasteiger charge is 2.22. The molecular formula is C12H15FN2O2. The maximum absolute atomic E-state index is 13.5. The minimum atomic E-state index is -0.321. The van der Waals surface area contributed by atoms with Crippen LogP contribution in [0.15, 0.2) is 24.3 Å². The van der Waals surface area contributed by atoms with E-state index in [9.17, 15) is 9.18 Å². The van der Waals surface area contributed by atoms with Gasteiger partial charge < -0.3 is 14.5 Å². The first-order valence-electron chi connectivity index (χ1n) is 5.54. The molecule has 0 spiro atoms. The number of carbonyl (C=O) groups is 1. The highest BCUT2D eigenvalue weighted by Crippen LogP contribution is 2.20. The van der Waals surface area contributed by atoms with E-state index >= 15 is 0 Å². The fourth-order valence-corrected chi connectivity index (χ4v) is 1.97. The number of hydrogen-bond acceptors (Lipinski definition) is 3. The molecule has 1 fully saturated rings. The SMILES string of the molecule is COC(=O)N1CCN(c2ccccc2F)CC1. The van der Waals surface area contributed by atoms with E-state index in [0.29, 0.717) is 31.9 Å². The Morgan fingerprint density at radius 3 is 2.47 bits per heavy atom. The number of amides is 1. The first kappa shape index (κ1) is 11.7. The van der Waals surface area contributed by atoms with Gasteiger partial charge in [-0.15, -0.1) is 0 Å². The van der Waals surface area contributed by atoms with Crippen molar-refractivity contribution in [2.75, 3.05) is 38.2 Å². The summed E-state index contributed by atoms with van der Waals surface area (Å²) in [4.78, 5) is 14.8. The van der Waals surface area contributed by atoms with Gasteiger partial charge in [-0.2, -0.15) is 0 Å². The Labute approximate surface area is 99.6 Å². The number of ether oxygens (including phenoxy) is 1. The molecule has 0 radical (unpaired) electrons. The molecule has 1 aromatic carbocycles. The van der Waals surface area contributed by atoms with Gasteiger partial charge in [0.25, 0.3) is 0 Å². The Morgan fingerprint density at radius 2 is 1.88 bits per heavy atom. The van der Waals surface area contributed by atoms with Gasteiger partial charge in [-0.25, -0.2) is 9.18 Å². The van der Waals surface area contributed by atoms with Crippen LogP contribution in [0.2, 0.25) is 0 Å². The van der Waals surface area contributed by atoms with Crippen LogP contribution in [0.25, 0.3) is 0 Å². The van der Waals surface area contributed by atoms with Crippen molar-refractivity contribution >= 4 is 11.8 Å². The van der Waals surface area contributed by atoms with Gasteiger partial charge in [0.1, 0.15) is 5.82 Å².